The van der Waals surface area contributed by atoms with Crippen molar-refractivity contribution in [2.24, 2.45) is 0 Å². The lowest BCUT2D eigenvalue weighted by Crippen LogP contribution is -1.95. The van der Waals surface area contributed by atoms with Crippen LogP contribution >= 0.6 is 0 Å². The van der Waals surface area contributed by atoms with Crippen molar-refractivity contribution >= 4 is 0 Å². The monoisotopic (exact) mass is 204 g/mol. The Labute approximate surface area is 87.9 Å². The Morgan fingerprint density at radius 1 is 1.13 bits per heavy atom. The van der Waals surface area contributed by atoms with Crippen LogP contribution in [0.1, 0.15) is 18.7 Å². The minimum atomic E-state index is 0.316. The highest BCUT2D eigenvalue weighted by molar-refractivity contribution is 5.20. The van der Waals surface area contributed by atoms with Gasteiger partial charge in [0.25, 0.3) is 5.89 Å². The Morgan fingerprint density at radius 2 is 1.87 bits per heavy atom. The lowest BCUT2D eigenvalue weighted by molar-refractivity contribution is 0.259. The van der Waals surface area contributed by atoms with Crippen LogP contribution in [0.25, 0.3) is 0 Å². The molecule has 4 nitrogen and oxygen atoms in total. The first kappa shape index (κ1) is 9.71. The van der Waals surface area contributed by atoms with Gasteiger partial charge in [0.1, 0.15) is 5.75 Å². The van der Waals surface area contributed by atoms with Crippen molar-refractivity contribution < 1.29 is 9.15 Å². The van der Waals surface area contributed by atoms with Crippen molar-refractivity contribution in [1.82, 2.24) is 10.2 Å². The fourth-order valence-electron chi connectivity index (χ4n) is 1.15. The average Bonchev–Trinajstić information content (AvgIpc) is 2.76. The van der Waals surface area contributed by atoms with Crippen LogP contribution in [0.15, 0.2) is 34.7 Å². The summed E-state index contributed by atoms with van der Waals surface area (Å²) < 4.78 is 10.8. The number of aromatic nitrogens is 2. The molecule has 0 saturated heterocycles. The van der Waals surface area contributed by atoms with Crippen molar-refractivity contribution in [2.75, 3.05) is 0 Å². The van der Waals surface area contributed by atoms with Crippen LogP contribution in [-0.4, -0.2) is 10.2 Å². The van der Waals surface area contributed by atoms with Gasteiger partial charge in [0.2, 0.25) is 5.89 Å². The minimum absolute atomic E-state index is 0.316. The summed E-state index contributed by atoms with van der Waals surface area (Å²) in [5, 5.41) is 7.71. The first-order chi connectivity index (χ1) is 7.38. The zero-order chi connectivity index (χ0) is 10.5. The van der Waals surface area contributed by atoms with Crippen molar-refractivity contribution in [1.29, 1.82) is 0 Å². The molecule has 78 valence electrons. The molecule has 0 unspecified atom stereocenters. The van der Waals surface area contributed by atoms with E-state index in [0.717, 1.165) is 12.2 Å². The van der Waals surface area contributed by atoms with Gasteiger partial charge in [0.05, 0.1) is 0 Å². The third kappa shape index (κ3) is 2.56. The number of para-hydroxylation sites is 1. The van der Waals surface area contributed by atoms with E-state index in [1.165, 1.54) is 0 Å². The van der Waals surface area contributed by atoms with E-state index in [0.29, 0.717) is 18.4 Å². The maximum absolute atomic E-state index is 5.45. The Balaban J connectivity index is 1.93. The maximum atomic E-state index is 5.45. The molecule has 0 saturated carbocycles. The summed E-state index contributed by atoms with van der Waals surface area (Å²) in [5.74, 6) is 1.95. The van der Waals surface area contributed by atoms with Gasteiger partial charge in [-0.25, -0.2) is 0 Å². The average molecular weight is 204 g/mol. The summed E-state index contributed by atoms with van der Waals surface area (Å²) >= 11 is 0. The van der Waals surface area contributed by atoms with Gasteiger partial charge in [-0.2, -0.15) is 0 Å². The van der Waals surface area contributed by atoms with Crippen LogP contribution in [0.5, 0.6) is 5.75 Å². The topological polar surface area (TPSA) is 48.2 Å². The highest BCUT2D eigenvalue weighted by Crippen LogP contribution is 2.11. The molecule has 1 aromatic heterocycles. The molecule has 1 aromatic carbocycles. The number of benzene rings is 1. The summed E-state index contributed by atoms with van der Waals surface area (Å²) in [6.45, 7) is 2.28. The fourth-order valence-corrected chi connectivity index (χ4v) is 1.15. The molecule has 0 fully saturated rings. The third-order valence-corrected chi connectivity index (χ3v) is 1.92. The lowest BCUT2D eigenvalue weighted by Gasteiger charge is -2.01. The molecule has 1 heterocycles. The Bertz CT molecular complexity index is 412. The molecule has 15 heavy (non-hydrogen) atoms. The Hall–Kier alpha value is -1.84. The van der Waals surface area contributed by atoms with Crippen LogP contribution in [0, 0.1) is 0 Å². The lowest BCUT2D eigenvalue weighted by atomic mass is 10.3. The van der Waals surface area contributed by atoms with Gasteiger partial charge in [-0.15, -0.1) is 10.2 Å². The predicted molar refractivity (Wildman–Crippen MR) is 54.5 cm³/mol. The highest BCUT2D eigenvalue weighted by Gasteiger charge is 2.04. The molecule has 0 aliphatic carbocycles. The molecule has 2 aromatic rings. The van der Waals surface area contributed by atoms with Gasteiger partial charge in [-0.1, -0.05) is 25.1 Å². The van der Waals surface area contributed by atoms with E-state index in [-0.39, 0.29) is 0 Å². The van der Waals surface area contributed by atoms with Gasteiger partial charge in [0.15, 0.2) is 6.61 Å². The van der Waals surface area contributed by atoms with Crippen molar-refractivity contribution in [3.8, 4) is 5.75 Å². The number of ether oxygens (including phenoxy) is 1. The second-order valence-electron chi connectivity index (χ2n) is 3.04. The number of hydrogen-bond acceptors (Lipinski definition) is 4. The summed E-state index contributed by atoms with van der Waals surface area (Å²) in [7, 11) is 0. The third-order valence-electron chi connectivity index (χ3n) is 1.92. The van der Waals surface area contributed by atoms with Gasteiger partial charge in [-0.05, 0) is 12.1 Å². The zero-order valence-electron chi connectivity index (χ0n) is 8.51. The Kier molecular flexibility index (Phi) is 2.97. The summed E-state index contributed by atoms with van der Waals surface area (Å²) in [6, 6.07) is 9.55. The number of nitrogens with zero attached hydrogens (tertiary/aromatic N) is 2. The molecule has 0 spiro atoms. The normalized spacial score (nSPS) is 10.2. The van der Waals surface area contributed by atoms with E-state index in [9.17, 15) is 0 Å². The first-order valence-corrected chi connectivity index (χ1v) is 4.87. The molecule has 0 aliphatic heterocycles. The number of hydrogen-bond donors (Lipinski definition) is 0. The molecule has 0 aliphatic rings. The number of rotatable bonds is 4. The first-order valence-electron chi connectivity index (χ1n) is 4.87. The summed E-state index contributed by atoms with van der Waals surface area (Å²) in [4.78, 5) is 0. The second-order valence-corrected chi connectivity index (χ2v) is 3.04. The highest BCUT2D eigenvalue weighted by atomic mass is 16.5. The van der Waals surface area contributed by atoms with Gasteiger partial charge >= 0.3 is 0 Å². The molecular formula is C11H12N2O2. The van der Waals surface area contributed by atoms with E-state index in [1.54, 1.807) is 0 Å². The van der Waals surface area contributed by atoms with E-state index in [2.05, 4.69) is 10.2 Å². The largest absolute Gasteiger partial charge is 0.484 e. The second kappa shape index (κ2) is 4.59. The fraction of sp³-hybridized carbons (Fsp3) is 0.273. The molecule has 0 N–H and O–H groups in total. The zero-order valence-corrected chi connectivity index (χ0v) is 8.51. The van der Waals surface area contributed by atoms with E-state index < -0.39 is 0 Å². The van der Waals surface area contributed by atoms with Crippen LogP contribution in [0.3, 0.4) is 0 Å². The molecule has 0 bridgehead atoms. The van der Waals surface area contributed by atoms with Crippen LogP contribution in [-0.2, 0) is 13.0 Å². The van der Waals surface area contributed by atoms with Crippen LogP contribution in [0.4, 0.5) is 0 Å². The molecule has 4 heteroatoms. The Morgan fingerprint density at radius 3 is 2.53 bits per heavy atom. The van der Waals surface area contributed by atoms with Crippen molar-refractivity contribution in [3.05, 3.63) is 42.1 Å². The van der Waals surface area contributed by atoms with Gasteiger partial charge in [0, 0.05) is 6.42 Å². The minimum Gasteiger partial charge on any atom is -0.484 e. The van der Waals surface area contributed by atoms with E-state index in [4.69, 9.17) is 9.15 Å². The number of aryl methyl sites for hydroxylation is 1. The smallest absolute Gasteiger partial charge is 0.253 e. The molecular weight excluding hydrogens is 192 g/mol. The summed E-state index contributed by atoms with van der Waals surface area (Å²) in [6.07, 6.45) is 0.748. The predicted octanol–water partition coefficient (Wildman–Crippen LogP) is 2.21. The van der Waals surface area contributed by atoms with Crippen LogP contribution in [0.2, 0.25) is 0 Å². The standard InChI is InChI=1S/C11H12N2O2/c1-2-10-12-13-11(15-10)8-14-9-6-4-3-5-7-9/h3-7H,2,8H2,1H3. The molecule has 0 atom stereocenters. The SMILES string of the molecule is CCc1nnc(COc2ccccc2)o1. The van der Waals surface area contributed by atoms with E-state index >= 15 is 0 Å². The van der Waals surface area contributed by atoms with Crippen molar-refractivity contribution in [2.45, 2.75) is 20.0 Å². The van der Waals surface area contributed by atoms with E-state index in [1.807, 2.05) is 37.3 Å². The van der Waals surface area contributed by atoms with Gasteiger partial charge < -0.3 is 9.15 Å². The maximum Gasteiger partial charge on any atom is 0.253 e. The quantitative estimate of drug-likeness (QED) is 0.766. The van der Waals surface area contributed by atoms with Gasteiger partial charge in [-0.3, -0.25) is 0 Å². The van der Waals surface area contributed by atoms with Crippen molar-refractivity contribution in [3.63, 3.8) is 0 Å². The summed E-state index contributed by atoms with van der Waals surface area (Å²) in [5.41, 5.74) is 0. The molecule has 2 rings (SSSR count). The van der Waals surface area contributed by atoms with Crippen LogP contribution < -0.4 is 4.74 Å². The molecule has 0 radical (unpaired) electrons. The molecule has 0 amide bonds.